The van der Waals surface area contributed by atoms with Crippen LogP contribution in [0.1, 0.15) is 30.5 Å². The summed E-state index contributed by atoms with van der Waals surface area (Å²) in [7, 11) is 2.10. The van der Waals surface area contributed by atoms with Gasteiger partial charge >= 0.3 is 6.03 Å². The number of hydrogen-bond donors (Lipinski definition) is 3. The molecule has 2 aliphatic heterocycles. The molecule has 0 saturated carbocycles. The summed E-state index contributed by atoms with van der Waals surface area (Å²) < 4.78 is 0. The maximum absolute atomic E-state index is 12.0. The second-order valence-electron chi connectivity index (χ2n) is 6.59. The van der Waals surface area contributed by atoms with Crippen LogP contribution in [-0.4, -0.2) is 55.2 Å². The average molecular weight is 317 g/mol. The Labute approximate surface area is 138 Å². The molecule has 0 aromatic carbocycles. The van der Waals surface area contributed by atoms with Gasteiger partial charge in [0.25, 0.3) is 0 Å². The van der Waals surface area contributed by atoms with Gasteiger partial charge in [-0.1, -0.05) is 6.07 Å². The molecule has 0 radical (unpaired) electrons. The van der Waals surface area contributed by atoms with Crippen molar-refractivity contribution in [3.8, 4) is 0 Å². The monoisotopic (exact) mass is 317 g/mol. The van der Waals surface area contributed by atoms with Gasteiger partial charge < -0.3 is 20.9 Å². The fraction of sp³-hybridized carbons (Fsp3) is 0.647. The second-order valence-corrected chi connectivity index (χ2v) is 6.59. The molecule has 1 fully saturated rings. The molecule has 1 aromatic heterocycles. The smallest absolute Gasteiger partial charge is 0.315 e. The van der Waals surface area contributed by atoms with Crippen LogP contribution in [-0.2, 0) is 12.8 Å². The minimum absolute atomic E-state index is 0.0682. The van der Waals surface area contributed by atoms with Gasteiger partial charge in [-0.3, -0.25) is 0 Å². The molecule has 1 unspecified atom stereocenters. The first-order valence-corrected chi connectivity index (χ1v) is 8.66. The third-order valence-electron chi connectivity index (χ3n) is 4.58. The van der Waals surface area contributed by atoms with Gasteiger partial charge in [-0.15, -0.1) is 0 Å². The molecule has 126 valence electrons. The molecule has 2 aliphatic rings. The topological polar surface area (TPSA) is 69.3 Å². The van der Waals surface area contributed by atoms with E-state index in [1.165, 1.54) is 12.0 Å². The van der Waals surface area contributed by atoms with Crippen molar-refractivity contribution in [3.63, 3.8) is 0 Å². The van der Waals surface area contributed by atoms with Gasteiger partial charge in [0.05, 0.1) is 0 Å². The SMILES string of the molecule is CN1CCCC(NC(=O)NCCc2ccc3c(n2)NCCC3)C1. The van der Waals surface area contributed by atoms with E-state index in [1.54, 1.807) is 0 Å². The molecule has 6 nitrogen and oxygen atoms in total. The van der Waals surface area contributed by atoms with Crippen LogP contribution in [0.15, 0.2) is 12.1 Å². The highest BCUT2D eigenvalue weighted by molar-refractivity contribution is 5.74. The Morgan fingerprint density at radius 1 is 1.43 bits per heavy atom. The van der Waals surface area contributed by atoms with Gasteiger partial charge in [0.1, 0.15) is 5.82 Å². The van der Waals surface area contributed by atoms with E-state index < -0.39 is 0 Å². The summed E-state index contributed by atoms with van der Waals surface area (Å²) in [5.41, 5.74) is 2.32. The normalized spacial score (nSPS) is 21.2. The number of urea groups is 1. The van der Waals surface area contributed by atoms with Crippen molar-refractivity contribution in [1.82, 2.24) is 20.5 Å². The quantitative estimate of drug-likeness (QED) is 0.785. The Morgan fingerprint density at radius 2 is 2.35 bits per heavy atom. The number of nitrogens with one attached hydrogen (secondary N) is 3. The number of pyridine rings is 1. The van der Waals surface area contributed by atoms with Crippen LogP contribution in [0, 0.1) is 0 Å². The first kappa shape index (κ1) is 16.1. The molecule has 3 N–H and O–H groups in total. The highest BCUT2D eigenvalue weighted by Gasteiger charge is 2.18. The number of amides is 2. The third kappa shape index (κ3) is 4.58. The molecule has 3 heterocycles. The van der Waals surface area contributed by atoms with Gasteiger partial charge in [0.2, 0.25) is 0 Å². The van der Waals surface area contributed by atoms with Crippen molar-refractivity contribution >= 4 is 11.8 Å². The summed E-state index contributed by atoms with van der Waals surface area (Å²) >= 11 is 0. The largest absolute Gasteiger partial charge is 0.370 e. The first-order valence-electron chi connectivity index (χ1n) is 8.66. The number of likely N-dealkylation sites (N-methyl/N-ethyl adjacent to an activating group) is 1. The van der Waals surface area contributed by atoms with Crippen LogP contribution in [0.25, 0.3) is 0 Å². The number of aryl methyl sites for hydroxylation is 1. The van der Waals surface area contributed by atoms with Crippen LogP contribution in [0.4, 0.5) is 10.6 Å². The van der Waals surface area contributed by atoms with E-state index in [9.17, 15) is 4.79 Å². The number of aromatic nitrogens is 1. The number of fused-ring (bicyclic) bond motifs is 1. The molecule has 1 saturated heterocycles. The maximum atomic E-state index is 12.0. The highest BCUT2D eigenvalue weighted by Crippen LogP contribution is 2.19. The van der Waals surface area contributed by atoms with Gasteiger partial charge in [-0.2, -0.15) is 0 Å². The summed E-state index contributed by atoms with van der Waals surface area (Å²) in [5.74, 6) is 1.02. The molecule has 0 aliphatic carbocycles. The van der Waals surface area contributed by atoms with E-state index in [1.807, 2.05) is 0 Å². The number of carbonyl (C=O) groups is 1. The predicted octanol–water partition coefficient (Wildman–Crippen LogP) is 1.38. The lowest BCUT2D eigenvalue weighted by molar-refractivity contribution is 0.209. The number of hydrogen-bond acceptors (Lipinski definition) is 4. The van der Waals surface area contributed by atoms with Crippen LogP contribution in [0.3, 0.4) is 0 Å². The van der Waals surface area contributed by atoms with E-state index in [0.717, 1.165) is 56.8 Å². The van der Waals surface area contributed by atoms with Crippen molar-refractivity contribution in [1.29, 1.82) is 0 Å². The lowest BCUT2D eigenvalue weighted by atomic mass is 10.1. The molecule has 0 bridgehead atoms. The van der Waals surface area contributed by atoms with Crippen molar-refractivity contribution in [3.05, 3.63) is 23.4 Å². The molecule has 0 spiro atoms. The van der Waals surface area contributed by atoms with E-state index in [4.69, 9.17) is 0 Å². The summed E-state index contributed by atoms with van der Waals surface area (Å²) in [6.07, 6.45) is 5.24. The number of nitrogens with zero attached hydrogens (tertiary/aromatic N) is 2. The van der Waals surface area contributed by atoms with Crippen molar-refractivity contribution < 1.29 is 4.79 Å². The lowest BCUT2D eigenvalue weighted by Crippen LogP contribution is -2.49. The second kappa shape index (κ2) is 7.64. The predicted molar refractivity (Wildman–Crippen MR) is 91.8 cm³/mol. The van der Waals surface area contributed by atoms with Crippen molar-refractivity contribution in [2.75, 3.05) is 38.5 Å². The van der Waals surface area contributed by atoms with Crippen LogP contribution in [0.2, 0.25) is 0 Å². The molecular weight excluding hydrogens is 290 g/mol. The number of carbonyl (C=O) groups excluding carboxylic acids is 1. The molecule has 2 amide bonds. The van der Waals surface area contributed by atoms with Crippen LogP contribution in [0.5, 0.6) is 0 Å². The molecule has 1 atom stereocenters. The zero-order valence-corrected chi connectivity index (χ0v) is 13.9. The average Bonchev–Trinajstić information content (AvgIpc) is 2.55. The first-order chi connectivity index (χ1) is 11.2. The number of rotatable bonds is 4. The van der Waals surface area contributed by atoms with Gasteiger partial charge in [-0.05, 0) is 50.9 Å². The van der Waals surface area contributed by atoms with Gasteiger partial charge in [0.15, 0.2) is 0 Å². The molecule has 3 rings (SSSR count). The Kier molecular flexibility index (Phi) is 5.33. The minimum Gasteiger partial charge on any atom is -0.370 e. The summed E-state index contributed by atoms with van der Waals surface area (Å²) in [6.45, 7) is 3.67. The zero-order valence-electron chi connectivity index (χ0n) is 13.9. The summed E-state index contributed by atoms with van der Waals surface area (Å²) in [4.78, 5) is 18.9. The minimum atomic E-state index is -0.0682. The number of piperidine rings is 1. The Hall–Kier alpha value is -1.82. The van der Waals surface area contributed by atoms with Crippen molar-refractivity contribution in [2.24, 2.45) is 0 Å². The molecule has 23 heavy (non-hydrogen) atoms. The zero-order chi connectivity index (χ0) is 16.1. The fourth-order valence-corrected chi connectivity index (χ4v) is 3.33. The van der Waals surface area contributed by atoms with Gasteiger partial charge in [0, 0.05) is 37.8 Å². The Bertz CT molecular complexity index is 548. The Morgan fingerprint density at radius 3 is 3.22 bits per heavy atom. The number of likely N-dealkylation sites (tertiary alicyclic amines) is 1. The van der Waals surface area contributed by atoms with Crippen LogP contribution >= 0.6 is 0 Å². The van der Waals surface area contributed by atoms with Gasteiger partial charge in [-0.25, -0.2) is 9.78 Å². The van der Waals surface area contributed by atoms with E-state index in [-0.39, 0.29) is 12.1 Å². The number of anilines is 1. The molecule has 1 aromatic rings. The van der Waals surface area contributed by atoms with E-state index in [0.29, 0.717) is 6.54 Å². The molecule has 6 heteroatoms. The Balaban J connectivity index is 1.41. The van der Waals surface area contributed by atoms with E-state index >= 15 is 0 Å². The fourth-order valence-electron chi connectivity index (χ4n) is 3.33. The highest BCUT2D eigenvalue weighted by atomic mass is 16.2. The summed E-state index contributed by atoms with van der Waals surface area (Å²) in [6, 6.07) is 4.42. The maximum Gasteiger partial charge on any atom is 0.315 e. The lowest BCUT2D eigenvalue weighted by Gasteiger charge is -2.30. The standard InChI is InChI=1S/C17H27N5O/c1-22-11-3-5-15(12-22)21-17(23)19-10-8-14-7-6-13-4-2-9-18-16(13)20-14/h6-7,15H,2-5,8-12H2,1H3,(H,18,20)(H2,19,21,23). The molecular formula is C17H27N5O. The van der Waals surface area contributed by atoms with E-state index in [2.05, 4.69) is 45.0 Å². The summed E-state index contributed by atoms with van der Waals surface area (Å²) in [5, 5.41) is 9.35. The van der Waals surface area contributed by atoms with Crippen LogP contribution < -0.4 is 16.0 Å². The third-order valence-corrected chi connectivity index (χ3v) is 4.58. The van der Waals surface area contributed by atoms with Crippen molar-refractivity contribution in [2.45, 2.75) is 38.1 Å².